The number of alkyl halides is 3. The van der Waals surface area contributed by atoms with Gasteiger partial charge in [-0.15, -0.1) is 0 Å². The molecule has 10 heteroatoms. The van der Waals surface area contributed by atoms with Crippen molar-refractivity contribution in [3.05, 3.63) is 75.3 Å². The van der Waals surface area contributed by atoms with Crippen LogP contribution >= 0.6 is 11.6 Å². The van der Waals surface area contributed by atoms with Crippen LogP contribution in [0.3, 0.4) is 0 Å². The van der Waals surface area contributed by atoms with E-state index in [1.807, 2.05) is 6.07 Å². The number of phenols is 1. The molecule has 0 aliphatic rings. The molecule has 2 aromatic heterocycles. The number of benzene rings is 2. The van der Waals surface area contributed by atoms with Crippen LogP contribution in [0.1, 0.15) is 11.3 Å². The molecule has 2 heterocycles. The third-order valence-corrected chi connectivity index (χ3v) is 4.73. The number of H-pyrrole nitrogens is 1. The molecular formula is C20H10ClF3N4O2. The first kappa shape index (κ1) is 19.5. The van der Waals surface area contributed by atoms with Crippen molar-refractivity contribution < 1.29 is 18.3 Å². The fraction of sp³-hybridized carbons (Fsp3) is 0.0500. The van der Waals surface area contributed by atoms with Gasteiger partial charge >= 0.3 is 6.18 Å². The summed E-state index contributed by atoms with van der Waals surface area (Å²) in [4.78, 5) is 15.6. The summed E-state index contributed by atoms with van der Waals surface area (Å²) >= 11 is 5.83. The zero-order chi connectivity index (χ0) is 21.6. The van der Waals surface area contributed by atoms with E-state index in [1.54, 1.807) is 0 Å². The summed E-state index contributed by atoms with van der Waals surface area (Å²) in [6.07, 6.45) is -3.63. The molecule has 150 valence electrons. The van der Waals surface area contributed by atoms with Crippen molar-refractivity contribution in [2.75, 3.05) is 0 Å². The second-order valence-electron chi connectivity index (χ2n) is 6.34. The van der Waals surface area contributed by atoms with E-state index >= 15 is 0 Å². The minimum Gasteiger partial charge on any atom is -0.507 e. The van der Waals surface area contributed by atoms with E-state index in [9.17, 15) is 23.1 Å². The van der Waals surface area contributed by atoms with Crippen LogP contribution in [0, 0.1) is 11.3 Å². The first-order chi connectivity index (χ1) is 14.2. The van der Waals surface area contributed by atoms with Gasteiger partial charge in [0.15, 0.2) is 5.69 Å². The highest BCUT2D eigenvalue weighted by molar-refractivity contribution is 6.30. The molecule has 0 spiro atoms. The lowest BCUT2D eigenvalue weighted by Crippen LogP contribution is -2.18. The third kappa shape index (κ3) is 3.17. The summed E-state index contributed by atoms with van der Waals surface area (Å²) in [5, 5.41) is 22.9. The smallest absolute Gasteiger partial charge is 0.435 e. The molecule has 4 rings (SSSR count). The number of aromatic nitrogens is 3. The van der Waals surface area contributed by atoms with Crippen LogP contribution in [0.2, 0.25) is 5.02 Å². The molecule has 0 atom stereocenters. The molecule has 0 aliphatic heterocycles. The van der Waals surface area contributed by atoms with Gasteiger partial charge in [0, 0.05) is 16.8 Å². The second kappa shape index (κ2) is 6.93. The Morgan fingerprint density at radius 3 is 2.43 bits per heavy atom. The molecule has 0 saturated carbocycles. The number of aromatic amines is 1. The number of fused-ring (bicyclic) bond motifs is 1. The van der Waals surface area contributed by atoms with Crippen molar-refractivity contribution in [3.63, 3.8) is 0 Å². The molecule has 0 unspecified atom stereocenters. The van der Waals surface area contributed by atoms with Crippen molar-refractivity contribution in [1.29, 1.82) is 5.26 Å². The number of halogens is 4. The van der Waals surface area contributed by atoms with Gasteiger partial charge in [-0.1, -0.05) is 23.7 Å². The quantitative estimate of drug-likeness (QED) is 0.485. The van der Waals surface area contributed by atoms with Crippen LogP contribution in [0.15, 0.2) is 53.5 Å². The molecule has 2 aromatic carbocycles. The van der Waals surface area contributed by atoms with Gasteiger partial charge in [0.05, 0.1) is 22.8 Å². The minimum atomic E-state index is -4.82. The average Bonchev–Trinajstić information content (AvgIpc) is 3.10. The molecule has 2 N–H and O–H groups in total. The van der Waals surface area contributed by atoms with Crippen LogP contribution < -0.4 is 5.56 Å². The number of nitrogens with one attached hydrogen (secondary N) is 1. The van der Waals surface area contributed by atoms with Gasteiger partial charge in [0.2, 0.25) is 0 Å². The monoisotopic (exact) mass is 430 g/mol. The van der Waals surface area contributed by atoms with E-state index in [0.717, 1.165) is 6.07 Å². The highest BCUT2D eigenvalue weighted by atomic mass is 35.5. The van der Waals surface area contributed by atoms with Gasteiger partial charge < -0.3 is 10.1 Å². The zero-order valence-corrected chi connectivity index (χ0v) is 15.6. The van der Waals surface area contributed by atoms with Crippen LogP contribution in [-0.2, 0) is 6.18 Å². The SMILES string of the molecule is N#Cc1ccc(-c2c[nH]c3c(-c4ccc(Cl)cc4)c(C(F)(F)F)nn3c2=O)c(O)c1. The van der Waals surface area contributed by atoms with Crippen LogP contribution in [-0.4, -0.2) is 19.7 Å². The van der Waals surface area contributed by atoms with Gasteiger partial charge in [-0.3, -0.25) is 4.79 Å². The lowest BCUT2D eigenvalue weighted by atomic mass is 10.0. The fourth-order valence-electron chi connectivity index (χ4n) is 3.13. The Balaban J connectivity index is 2.01. The number of hydrogen-bond donors (Lipinski definition) is 2. The maximum atomic E-state index is 13.7. The van der Waals surface area contributed by atoms with Crippen molar-refractivity contribution in [1.82, 2.24) is 14.6 Å². The predicted octanol–water partition coefficient (Wildman–Crippen LogP) is 4.61. The van der Waals surface area contributed by atoms with Crippen LogP contribution in [0.4, 0.5) is 13.2 Å². The molecule has 0 bridgehead atoms. The molecule has 4 aromatic rings. The zero-order valence-electron chi connectivity index (χ0n) is 14.8. The van der Waals surface area contributed by atoms with E-state index < -0.39 is 17.4 Å². The maximum Gasteiger partial charge on any atom is 0.435 e. The molecule has 30 heavy (non-hydrogen) atoms. The van der Waals surface area contributed by atoms with E-state index in [1.165, 1.54) is 42.6 Å². The molecule has 0 aliphatic carbocycles. The molecular weight excluding hydrogens is 421 g/mol. The highest BCUT2D eigenvalue weighted by Crippen LogP contribution is 2.38. The van der Waals surface area contributed by atoms with Crippen molar-refractivity contribution >= 4 is 17.2 Å². The van der Waals surface area contributed by atoms with E-state index in [-0.39, 0.29) is 39.2 Å². The highest BCUT2D eigenvalue weighted by Gasteiger charge is 2.39. The van der Waals surface area contributed by atoms with Gasteiger partial charge in [0.1, 0.15) is 11.4 Å². The first-order valence-electron chi connectivity index (χ1n) is 8.41. The Morgan fingerprint density at radius 2 is 1.83 bits per heavy atom. The Morgan fingerprint density at radius 1 is 1.13 bits per heavy atom. The number of nitrogens with zero attached hydrogens (tertiary/aromatic N) is 3. The van der Waals surface area contributed by atoms with Gasteiger partial charge in [-0.25, -0.2) is 0 Å². The molecule has 0 fully saturated rings. The molecule has 6 nitrogen and oxygen atoms in total. The number of nitriles is 1. The topological polar surface area (TPSA) is 94.2 Å². The Kier molecular flexibility index (Phi) is 4.51. The largest absolute Gasteiger partial charge is 0.507 e. The predicted molar refractivity (Wildman–Crippen MR) is 103 cm³/mol. The fourth-order valence-corrected chi connectivity index (χ4v) is 3.25. The van der Waals surface area contributed by atoms with Gasteiger partial charge in [0.25, 0.3) is 5.56 Å². The summed E-state index contributed by atoms with van der Waals surface area (Å²) < 4.78 is 41.6. The minimum absolute atomic E-state index is 0.0502. The normalized spacial score (nSPS) is 11.6. The van der Waals surface area contributed by atoms with E-state index in [2.05, 4.69) is 10.1 Å². The molecule has 0 amide bonds. The summed E-state index contributed by atoms with van der Waals surface area (Å²) in [7, 11) is 0. The lowest BCUT2D eigenvalue weighted by molar-refractivity contribution is -0.140. The van der Waals surface area contributed by atoms with Crippen LogP contribution in [0.5, 0.6) is 5.75 Å². The van der Waals surface area contributed by atoms with Crippen molar-refractivity contribution in [3.8, 4) is 34.1 Å². The molecule has 0 radical (unpaired) electrons. The van der Waals surface area contributed by atoms with Crippen LogP contribution in [0.25, 0.3) is 27.9 Å². The molecule has 0 saturated heterocycles. The summed E-state index contributed by atoms with van der Waals surface area (Å²) in [5.41, 5.74) is -2.28. The Hall–Kier alpha value is -3.77. The summed E-state index contributed by atoms with van der Waals surface area (Å²) in [5.74, 6) is -0.361. The standard InChI is InChI=1S/C20H10ClF3N4O2/c21-12-4-2-11(3-5-12)16-17(20(22,23)24)27-28-18(16)26-9-14(19(28)30)13-6-1-10(8-25)7-15(13)29/h1-7,9,26,29H. The summed E-state index contributed by atoms with van der Waals surface area (Å²) in [6, 6.07) is 11.4. The average molecular weight is 431 g/mol. The Bertz CT molecular complexity index is 1380. The second-order valence-corrected chi connectivity index (χ2v) is 6.78. The number of aromatic hydroxyl groups is 1. The van der Waals surface area contributed by atoms with E-state index in [0.29, 0.717) is 9.54 Å². The maximum absolute atomic E-state index is 13.7. The number of hydrogen-bond acceptors (Lipinski definition) is 4. The van der Waals surface area contributed by atoms with Crippen molar-refractivity contribution in [2.24, 2.45) is 0 Å². The first-order valence-corrected chi connectivity index (χ1v) is 8.79. The lowest BCUT2D eigenvalue weighted by Gasteiger charge is -2.07. The summed E-state index contributed by atoms with van der Waals surface area (Å²) in [6.45, 7) is 0. The number of phenolic OH excluding ortho intramolecular Hbond substituents is 1. The van der Waals surface area contributed by atoms with E-state index in [4.69, 9.17) is 16.9 Å². The van der Waals surface area contributed by atoms with Gasteiger partial charge in [-0.05, 0) is 35.9 Å². The van der Waals surface area contributed by atoms with Gasteiger partial charge in [-0.2, -0.15) is 28.0 Å². The Labute approximate surface area is 171 Å². The third-order valence-electron chi connectivity index (χ3n) is 4.48. The van der Waals surface area contributed by atoms with Crippen molar-refractivity contribution in [2.45, 2.75) is 6.18 Å². The number of rotatable bonds is 2.